The molecule has 7 nitrogen and oxygen atoms in total. The van der Waals surface area contributed by atoms with E-state index >= 15 is 0 Å². The highest BCUT2D eigenvalue weighted by Gasteiger charge is 2.21. The van der Waals surface area contributed by atoms with E-state index in [2.05, 4.69) is 4.72 Å². The summed E-state index contributed by atoms with van der Waals surface area (Å²) in [7, 11) is -3.75. The van der Waals surface area contributed by atoms with Crippen LogP contribution in [-0.4, -0.2) is 32.8 Å². The van der Waals surface area contributed by atoms with Crippen LogP contribution in [0.3, 0.4) is 0 Å². The first-order chi connectivity index (χ1) is 12.8. The summed E-state index contributed by atoms with van der Waals surface area (Å²) in [5, 5.41) is 8.45. The predicted octanol–water partition coefficient (Wildman–Crippen LogP) is 2.31. The number of benzene rings is 2. The van der Waals surface area contributed by atoms with Gasteiger partial charge in [0.25, 0.3) is 0 Å². The van der Waals surface area contributed by atoms with Crippen LogP contribution in [0.25, 0.3) is 0 Å². The number of nitrogens with one attached hydrogen (secondary N) is 1. The Hall–Kier alpha value is -3.02. The molecule has 0 aliphatic carbocycles. The molecule has 0 bridgehead atoms. The maximum atomic E-state index is 12.2. The standard InChI is InChI=1S/C19H18N2O5S/c1-14(18(22)15-6-3-2-4-7-15)26-19(23)16-8-10-17(11-9-16)27(24,25)21-13-5-12-20/h2-4,6-11,14,21H,5,13H2,1H3. The lowest BCUT2D eigenvalue weighted by Crippen LogP contribution is -2.25. The minimum absolute atomic E-state index is 0.00172. The van der Waals surface area contributed by atoms with Crippen LogP contribution in [0.2, 0.25) is 0 Å². The number of nitriles is 1. The monoisotopic (exact) mass is 386 g/mol. The lowest BCUT2D eigenvalue weighted by molar-refractivity contribution is 0.0318. The number of ketones is 1. The number of carbonyl (C=O) groups excluding carboxylic acids is 2. The van der Waals surface area contributed by atoms with E-state index in [1.54, 1.807) is 30.3 Å². The van der Waals surface area contributed by atoms with Gasteiger partial charge in [-0.15, -0.1) is 0 Å². The number of carbonyl (C=O) groups is 2. The highest BCUT2D eigenvalue weighted by atomic mass is 32.2. The third kappa shape index (κ3) is 5.48. The second-order valence-electron chi connectivity index (χ2n) is 5.61. The number of esters is 1. The van der Waals surface area contributed by atoms with E-state index in [0.717, 1.165) is 0 Å². The Labute approximate surface area is 157 Å². The Bertz CT molecular complexity index is 948. The SMILES string of the molecule is CC(OC(=O)c1ccc(S(=O)(=O)NCCC#N)cc1)C(=O)c1ccccc1. The van der Waals surface area contributed by atoms with E-state index in [1.165, 1.54) is 31.2 Å². The number of sulfonamides is 1. The van der Waals surface area contributed by atoms with Crippen LogP contribution < -0.4 is 4.72 Å². The molecule has 0 heterocycles. The van der Waals surface area contributed by atoms with E-state index in [0.29, 0.717) is 5.56 Å². The fraction of sp³-hybridized carbons (Fsp3) is 0.211. The molecule has 1 N–H and O–H groups in total. The first-order valence-corrected chi connectivity index (χ1v) is 9.60. The molecule has 0 aromatic heterocycles. The lowest BCUT2D eigenvalue weighted by Gasteiger charge is -2.12. The van der Waals surface area contributed by atoms with Gasteiger partial charge in [-0.2, -0.15) is 5.26 Å². The van der Waals surface area contributed by atoms with Gasteiger partial charge in [-0.25, -0.2) is 17.9 Å². The van der Waals surface area contributed by atoms with Gasteiger partial charge in [0.2, 0.25) is 15.8 Å². The fourth-order valence-electron chi connectivity index (χ4n) is 2.21. The minimum Gasteiger partial charge on any atom is -0.451 e. The van der Waals surface area contributed by atoms with Crippen molar-refractivity contribution in [3.05, 3.63) is 65.7 Å². The molecule has 140 valence electrons. The first-order valence-electron chi connectivity index (χ1n) is 8.12. The Morgan fingerprint density at radius 2 is 1.70 bits per heavy atom. The second-order valence-corrected chi connectivity index (χ2v) is 7.38. The van der Waals surface area contributed by atoms with Crippen molar-refractivity contribution in [2.75, 3.05) is 6.54 Å². The fourth-order valence-corrected chi connectivity index (χ4v) is 3.25. The van der Waals surface area contributed by atoms with Crippen LogP contribution in [0.15, 0.2) is 59.5 Å². The van der Waals surface area contributed by atoms with Crippen molar-refractivity contribution in [2.24, 2.45) is 0 Å². The quantitative estimate of drug-likeness (QED) is 0.423. The number of nitrogens with zero attached hydrogens (tertiary/aromatic N) is 1. The largest absolute Gasteiger partial charge is 0.451 e. The Morgan fingerprint density at radius 1 is 1.07 bits per heavy atom. The molecule has 8 heteroatoms. The van der Waals surface area contributed by atoms with Crippen molar-refractivity contribution >= 4 is 21.8 Å². The molecule has 0 saturated carbocycles. The van der Waals surface area contributed by atoms with Crippen molar-refractivity contribution < 1.29 is 22.7 Å². The van der Waals surface area contributed by atoms with E-state index < -0.39 is 22.1 Å². The molecule has 2 aromatic carbocycles. The topological polar surface area (TPSA) is 113 Å². The zero-order valence-electron chi connectivity index (χ0n) is 14.6. The molecule has 1 atom stereocenters. The second kappa shape index (κ2) is 9.07. The van der Waals surface area contributed by atoms with Crippen LogP contribution in [-0.2, 0) is 14.8 Å². The number of hydrogen-bond donors (Lipinski definition) is 1. The van der Waals surface area contributed by atoms with Crippen molar-refractivity contribution in [1.29, 1.82) is 5.26 Å². The maximum Gasteiger partial charge on any atom is 0.338 e. The average Bonchev–Trinajstić information content (AvgIpc) is 2.68. The normalized spacial score (nSPS) is 12.0. The van der Waals surface area contributed by atoms with Crippen molar-refractivity contribution in [1.82, 2.24) is 4.72 Å². The van der Waals surface area contributed by atoms with Crippen LogP contribution in [0.5, 0.6) is 0 Å². The van der Waals surface area contributed by atoms with Crippen LogP contribution in [0, 0.1) is 11.3 Å². The van der Waals surface area contributed by atoms with E-state index in [9.17, 15) is 18.0 Å². The highest BCUT2D eigenvalue weighted by molar-refractivity contribution is 7.89. The Morgan fingerprint density at radius 3 is 2.30 bits per heavy atom. The molecular weight excluding hydrogens is 368 g/mol. The Kier molecular flexibility index (Phi) is 6.82. The smallest absolute Gasteiger partial charge is 0.338 e. The number of hydrogen-bond acceptors (Lipinski definition) is 6. The molecule has 0 spiro atoms. The predicted molar refractivity (Wildman–Crippen MR) is 97.5 cm³/mol. The Balaban J connectivity index is 2.03. The first kappa shape index (κ1) is 20.3. The summed E-state index contributed by atoms with van der Waals surface area (Å²) in [5.74, 6) is -1.06. The van der Waals surface area contributed by atoms with Gasteiger partial charge in [0.05, 0.1) is 16.5 Å². The van der Waals surface area contributed by atoms with Gasteiger partial charge in [-0.05, 0) is 31.2 Å². The number of Topliss-reactive ketones (excluding diaryl/α,β-unsaturated/α-hetero) is 1. The van der Waals surface area contributed by atoms with Gasteiger partial charge in [-0.3, -0.25) is 4.79 Å². The van der Waals surface area contributed by atoms with Crippen molar-refractivity contribution in [3.8, 4) is 6.07 Å². The molecular formula is C19H18N2O5S. The maximum absolute atomic E-state index is 12.2. The third-order valence-electron chi connectivity index (χ3n) is 3.64. The molecule has 2 aromatic rings. The molecule has 0 amide bonds. The molecule has 1 unspecified atom stereocenters. The summed E-state index contributed by atoms with van der Waals surface area (Å²) in [6, 6.07) is 15.4. The van der Waals surface area contributed by atoms with Gasteiger partial charge in [0, 0.05) is 18.5 Å². The molecule has 0 saturated heterocycles. The zero-order chi connectivity index (χ0) is 19.9. The molecule has 0 aliphatic rings. The molecule has 0 fully saturated rings. The van der Waals surface area contributed by atoms with Crippen LogP contribution >= 0.6 is 0 Å². The number of ether oxygens (including phenoxy) is 1. The minimum atomic E-state index is -3.75. The van der Waals surface area contributed by atoms with Gasteiger partial charge < -0.3 is 4.74 Å². The lowest BCUT2D eigenvalue weighted by atomic mass is 10.1. The summed E-state index contributed by atoms with van der Waals surface area (Å²) in [4.78, 5) is 24.4. The van der Waals surface area contributed by atoms with Gasteiger partial charge >= 0.3 is 5.97 Å². The van der Waals surface area contributed by atoms with Gasteiger partial charge in [0.15, 0.2) is 6.10 Å². The van der Waals surface area contributed by atoms with Crippen molar-refractivity contribution in [3.63, 3.8) is 0 Å². The van der Waals surface area contributed by atoms with Crippen LogP contribution in [0.4, 0.5) is 0 Å². The average molecular weight is 386 g/mol. The summed E-state index contributed by atoms with van der Waals surface area (Å²) < 4.78 is 31.5. The van der Waals surface area contributed by atoms with E-state index in [-0.39, 0.29) is 29.2 Å². The summed E-state index contributed by atoms with van der Waals surface area (Å²) >= 11 is 0. The molecule has 2 rings (SSSR count). The zero-order valence-corrected chi connectivity index (χ0v) is 15.4. The molecule has 0 aliphatic heterocycles. The summed E-state index contributed by atoms with van der Waals surface area (Å²) in [6.45, 7) is 1.48. The molecule has 0 radical (unpaired) electrons. The number of rotatable bonds is 8. The van der Waals surface area contributed by atoms with Gasteiger partial charge in [-0.1, -0.05) is 30.3 Å². The third-order valence-corrected chi connectivity index (χ3v) is 5.12. The van der Waals surface area contributed by atoms with Crippen molar-refractivity contribution in [2.45, 2.75) is 24.3 Å². The summed E-state index contributed by atoms with van der Waals surface area (Å²) in [5.41, 5.74) is 0.557. The molecule has 27 heavy (non-hydrogen) atoms. The summed E-state index contributed by atoms with van der Waals surface area (Å²) in [6.07, 6.45) is -0.923. The van der Waals surface area contributed by atoms with Gasteiger partial charge in [0.1, 0.15) is 0 Å². The van der Waals surface area contributed by atoms with Crippen LogP contribution in [0.1, 0.15) is 34.1 Å². The van der Waals surface area contributed by atoms with E-state index in [4.69, 9.17) is 10.00 Å². The highest BCUT2D eigenvalue weighted by Crippen LogP contribution is 2.13. The van der Waals surface area contributed by atoms with E-state index in [1.807, 2.05) is 6.07 Å².